The number of H-pyrrole nitrogens is 1. The number of hydrogen-bond donors (Lipinski definition) is 3. The van der Waals surface area contributed by atoms with Crippen molar-refractivity contribution in [3.8, 4) is 0 Å². The number of carbonyl (C=O) groups excluding carboxylic acids is 1. The maximum absolute atomic E-state index is 13.7. The van der Waals surface area contributed by atoms with Gasteiger partial charge in [0.25, 0.3) is 0 Å². The van der Waals surface area contributed by atoms with Crippen LogP contribution in [0.4, 0.5) is 32.4 Å². The minimum absolute atomic E-state index is 0.183. The summed E-state index contributed by atoms with van der Waals surface area (Å²) in [6.45, 7) is 3.07. The Morgan fingerprint density at radius 3 is 2.25 bits per heavy atom. The van der Waals surface area contributed by atoms with E-state index < -0.39 is 35.4 Å². The standard InChI is InChI=1S/C14H13F5N4O/c1-6-11(7(2)23-22-6)20-13(24)21-12(14(17,18)19)10-8(15)4-3-5-9(10)16/h3-5,12H,1-2H3,(H,22,23)(H2,20,21,24)/t12-/m1/s1. The molecular formula is C14H13F5N4O. The number of nitrogens with zero attached hydrogens (tertiary/aromatic N) is 1. The van der Waals surface area contributed by atoms with Gasteiger partial charge in [-0.3, -0.25) is 5.10 Å². The third-order valence-corrected chi connectivity index (χ3v) is 3.26. The van der Waals surface area contributed by atoms with Gasteiger partial charge in [-0.05, 0) is 26.0 Å². The molecule has 0 saturated carbocycles. The molecule has 1 aromatic heterocycles. The lowest BCUT2D eigenvalue weighted by Gasteiger charge is -2.23. The zero-order valence-corrected chi connectivity index (χ0v) is 12.6. The van der Waals surface area contributed by atoms with Gasteiger partial charge in [-0.15, -0.1) is 0 Å². The molecule has 0 radical (unpaired) electrons. The van der Waals surface area contributed by atoms with Gasteiger partial charge in [-0.25, -0.2) is 13.6 Å². The number of rotatable bonds is 3. The zero-order chi connectivity index (χ0) is 18.1. The normalized spacial score (nSPS) is 12.8. The summed E-state index contributed by atoms with van der Waals surface area (Å²) in [7, 11) is 0. The Hall–Kier alpha value is -2.65. The zero-order valence-electron chi connectivity index (χ0n) is 12.6. The molecule has 0 fully saturated rings. The molecule has 5 nitrogen and oxygen atoms in total. The lowest BCUT2D eigenvalue weighted by Crippen LogP contribution is -2.41. The van der Waals surface area contributed by atoms with Crippen molar-refractivity contribution in [3.63, 3.8) is 0 Å². The maximum atomic E-state index is 13.7. The number of urea groups is 1. The van der Waals surface area contributed by atoms with Crippen LogP contribution in [0, 0.1) is 25.5 Å². The third-order valence-electron chi connectivity index (χ3n) is 3.26. The van der Waals surface area contributed by atoms with Crippen LogP contribution in [0.1, 0.15) is 23.0 Å². The van der Waals surface area contributed by atoms with Crippen LogP contribution in [0.3, 0.4) is 0 Å². The van der Waals surface area contributed by atoms with Gasteiger partial charge in [-0.1, -0.05) is 6.07 Å². The van der Waals surface area contributed by atoms with Crippen molar-refractivity contribution in [2.75, 3.05) is 5.32 Å². The van der Waals surface area contributed by atoms with Crippen molar-refractivity contribution < 1.29 is 26.7 Å². The fourth-order valence-corrected chi connectivity index (χ4v) is 2.12. The van der Waals surface area contributed by atoms with E-state index in [2.05, 4.69) is 15.5 Å². The van der Waals surface area contributed by atoms with E-state index in [1.54, 1.807) is 12.2 Å². The van der Waals surface area contributed by atoms with Crippen molar-refractivity contribution in [3.05, 3.63) is 46.8 Å². The monoisotopic (exact) mass is 348 g/mol. The first-order valence-corrected chi connectivity index (χ1v) is 6.71. The molecule has 0 aliphatic heterocycles. The highest BCUT2D eigenvalue weighted by molar-refractivity contribution is 5.90. The number of aromatic amines is 1. The number of aromatic nitrogens is 2. The quantitative estimate of drug-likeness (QED) is 0.740. The van der Waals surface area contributed by atoms with E-state index in [0.717, 1.165) is 6.07 Å². The molecule has 2 amide bonds. The van der Waals surface area contributed by atoms with Gasteiger partial charge in [-0.2, -0.15) is 18.3 Å². The average molecular weight is 348 g/mol. The number of nitrogens with one attached hydrogen (secondary N) is 3. The van der Waals surface area contributed by atoms with Crippen LogP contribution in [0.2, 0.25) is 0 Å². The summed E-state index contributed by atoms with van der Waals surface area (Å²) in [5.41, 5.74) is -0.324. The van der Waals surface area contributed by atoms with Gasteiger partial charge in [0.15, 0.2) is 6.04 Å². The summed E-state index contributed by atoms with van der Waals surface area (Å²) in [5.74, 6) is -2.82. The van der Waals surface area contributed by atoms with Crippen molar-refractivity contribution in [1.29, 1.82) is 0 Å². The molecule has 1 heterocycles. The largest absolute Gasteiger partial charge is 0.413 e. The molecule has 1 aromatic carbocycles. The number of amides is 2. The predicted octanol–water partition coefficient (Wildman–Crippen LogP) is 3.73. The topological polar surface area (TPSA) is 69.8 Å². The van der Waals surface area contributed by atoms with Crippen molar-refractivity contribution in [1.82, 2.24) is 15.5 Å². The summed E-state index contributed by atoms with van der Waals surface area (Å²) >= 11 is 0. The fourth-order valence-electron chi connectivity index (χ4n) is 2.12. The third kappa shape index (κ3) is 3.63. The molecular weight excluding hydrogens is 335 g/mol. The van der Waals surface area contributed by atoms with Crippen LogP contribution in [0.25, 0.3) is 0 Å². The highest BCUT2D eigenvalue weighted by Crippen LogP contribution is 2.35. The predicted molar refractivity (Wildman–Crippen MR) is 75.4 cm³/mol. The van der Waals surface area contributed by atoms with Gasteiger partial charge in [0.1, 0.15) is 11.6 Å². The van der Waals surface area contributed by atoms with E-state index in [1.807, 2.05) is 0 Å². The van der Waals surface area contributed by atoms with Crippen LogP contribution in [0.5, 0.6) is 0 Å². The molecule has 0 unspecified atom stereocenters. The summed E-state index contributed by atoms with van der Waals surface area (Å²) in [4.78, 5) is 11.9. The minimum Gasteiger partial charge on any atom is -0.322 e. The van der Waals surface area contributed by atoms with E-state index in [1.165, 1.54) is 6.92 Å². The van der Waals surface area contributed by atoms with Crippen LogP contribution in [-0.2, 0) is 0 Å². The second-order valence-corrected chi connectivity index (χ2v) is 5.02. The Balaban J connectivity index is 2.29. The molecule has 0 aliphatic rings. The van der Waals surface area contributed by atoms with Gasteiger partial charge >= 0.3 is 12.2 Å². The Bertz CT molecular complexity index is 716. The molecule has 0 bridgehead atoms. The van der Waals surface area contributed by atoms with Crippen LogP contribution in [0.15, 0.2) is 18.2 Å². The lowest BCUT2D eigenvalue weighted by molar-refractivity contribution is -0.155. The Morgan fingerprint density at radius 1 is 1.21 bits per heavy atom. The average Bonchev–Trinajstić information content (AvgIpc) is 2.77. The Labute approximate surface area is 133 Å². The van der Waals surface area contributed by atoms with Crippen LogP contribution in [-0.4, -0.2) is 22.4 Å². The molecule has 1 atom stereocenters. The molecule has 10 heteroatoms. The van der Waals surface area contributed by atoms with Gasteiger partial charge < -0.3 is 10.6 Å². The van der Waals surface area contributed by atoms with Gasteiger partial charge in [0.2, 0.25) is 0 Å². The maximum Gasteiger partial charge on any atom is 0.413 e. The number of halogens is 5. The van der Waals surface area contributed by atoms with E-state index >= 15 is 0 Å². The molecule has 0 saturated heterocycles. The molecule has 130 valence electrons. The SMILES string of the molecule is Cc1n[nH]c(C)c1NC(=O)N[C@H](c1c(F)cccc1F)C(F)(F)F. The number of hydrogen-bond acceptors (Lipinski definition) is 2. The second kappa shape index (κ2) is 6.46. The molecule has 0 aliphatic carbocycles. The number of anilines is 1. The van der Waals surface area contributed by atoms with E-state index in [0.29, 0.717) is 23.5 Å². The number of carbonyl (C=O) groups is 1. The first-order valence-electron chi connectivity index (χ1n) is 6.71. The molecule has 3 N–H and O–H groups in total. The summed E-state index contributed by atoms with van der Waals surface area (Å²) in [5, 5.41) is 10.0. The van der Waals surface area contributed by atoms with E-state index in [-0.39, 0.29) is 5.69 Å². The molecule has 0 spiro atoms. The van der Waals surface area contributed by atoms with Crippen molar-refractivity contribution in [2.24, 2.45) is 0 Å². The minimum atomic E-state index is -5.10. The molecule has 2 rings (SSSR count). The summed E-state index contributed by atoms with van der Waals surface area (Å²) in [6, 6.07) is -1.82. The number of alkyl halides is 3. The Morgan fingerprint density at radius 2 is 1.79 bits per heavy atom. The number of aryl methyl sites for hydroxylation is 2. The number of benzene rings is 1. The summed E-state index contributed by atoms with van der Waals surface area (Å²) in [6.07, 6.45) is -5.10. The van der Waals surface area contributed by atoms with Gasteiger partial charge in [0.05, 0.1) is 22.6 Å². The van der Waals surface area contributed by atoms with Gasteiger partial charge in [0, 0.05) is 0 Å². The van der Waals surface area contributed by atoms with Crippen LogP contribution >= 0.6 is 0 Å². The first-order chi connectivity index (χ1) is 11.1. The lowest BCUT2D eigenvalue weighted by atomic mass is 10.1. The second-order valence-electron chi connectivity index (χ2n) is 5.02. The first kappa shape index (κ1) is 17.7. The smallest absolute Gasteiger partial charge is 0.322 e. The summed E-state index contributed by atoms with van der Waals surface area (Å²) < 4.78 is 66.8. The van der Waals surface area contributed by atoms with E-state index in [9.17, 15) is 26.7 Å². The molecule has 24 heavy (non-hydrogen) atoms. The van der Waals surface area contributed by atoms with Crippen LogP contribution < -0.4 is 10.6 Å². The highest BCUT2D eigenvalue weighted by Gasteiger charge is 2.45. The Kier molecular flexibility index (Phi) is 4.76. The fraction of sp³-hybridized carbons (Fsp3) is 0.286. The molecule has 2 aromatic rings. The highest BCUT2D eigenvalue weighted by atomic mass is 19.4. The van der Waals surface area contributed by atoms with Crippen molar-refractivity contribution >= 4 is 11.7 Å². The van der Waals surface area contributed by atoms with Crippen molar-refractivity contribution in [2.45, 2.75) is 26.1 Å². The van der Waals surface area contributed by atoms with E-state index in [4.69, 9.17) is 0 Å².